The second kappa shape index (κ2) is 3.56. The van der Waals surface area contributed by atoms with Gasteiger partial charge in [-0.25, -0.2) is 0 Å². The number of carbonyl (C=O) groups is 1. The Hall–Kier alpha value is -1.42. The number of nitrogens with zero attached hydrogens (tertiary/aromatic N) is 1. The van der Waals surface area contributed by atoms with Crippen molar-refractivity contribution in [1.82, 2.24) is 0 Å². The van der Waals surface area contributed by atoms with E-state index in [1.165, 1.54) is 0 Å². The van der Waals surface area contributed by atoms with Gasteiger partial charge in [0.05, 0.1) is 5.02 Å². The normalized spacial score (nSPS) is 16.9. The molecule has 0 bridgehead atoms. The zero-order valence-corrected chi connectivity index (χ0v) is 9.45. The lowest BCUT2D eigenvalue weighted by Crippen LogP contribution is -2.32. The summed E-state index contributed by atoms with van der Waals surface area (Å²) < 4.78 is 0. The van der Waals surface area contributed by atoms with Gasteiger partial charge in [0.2, 0.25) is 5.78 Å². The topological polar surface area (TPSA) is 60.2 Å². The van der Waals surface area contributed by atoms with Gasteiger partial charge < -0.3 is 0 Å². The van der Waals surface area contributed by atoms with Crippen LogP contribution < -0.4 is 0 Å². The predicted octanol–water partition coefficient (Wildman–Crippen LogP) is 2.64. The fourth-order valence-electron chi connectivity index (χ4n) is 1.67. The van der Waals surface area contributed by atoms with Crippen LogP contribution in [0.5, 0.6) is 0 Å². The third-order valence-corrected chi connectivity index (χ3v) is 3.18. The van der Waals surface area contributed by atoms with Gasteiger partial charge >= 0.3 is 0 Å². The molecule has 0 amide bonds. The lowest BCUT2D eigenvalue weighted by molar-refractivity contribution is -0.519. The maximum Gasteiger partial charge on any atom is 0.284 e. The molecule has 0 atom stereocenters. The molecule has 1 aromatic carbocycles. The number of Topliss-reactive ketones (excluding diaryl/α,β-unsaturated/α-hetero) is 1. The first-order valence-corrected chi connectivity index (χ1v) is 5.30. The molecule has 0 aliphatic heterocycles. The van der Waals surface area contributed by atoms with Gasteiger partial charge in [-0.15, -0.1) is 0 Å². The van der Waals surface area contributed by atoms with E-state index in [0.717, 1.165) is 5.56 Å². The molecule has 1 fully saturated rings. The zero-order chi connectivity index (χ0) is 11.9. The Balaban J connectivity index is 2.39. The molecule has 0 aromatic heterocycles. The number of carbonyl (C=O) groups excluding carboxylic acids is 1. The Labute approximate surface area is 97.4 Å². The first kappa shape index (κ1) is 11.1. The van der Waals surface area contributed by atoms with Crippen molar-refractivity contribution in [2.75, 3.05) is 0 Å². The monoisotopic (exact) mass is 239 g/mol. The zero-order valence-electron chi connectivity index (χ0n) is 8.70. The van der Waals surface area contributed by atoms with E-state index in [4.69, 9.17) is 11.6 Å². The molecule has 0 radical (unpaired) electrons. The molecule has 1 aromatic rings. The maximum atomic E-state index is 12.0. The minimum absolute atomic E-state index is 0.251. The average molecular weight is 240 g/mol. The van der Waals surface area contributed by atoms with Crippen LogP contribution in [0.3, 0.4) is 0 Å². The molecule has 84 valence electrons. The van der Waals surface area contributed by atoms with Crippen LogP contribution in [0.15, 0.2) is 18.2 Å². The Morgan fingerprint density at radius 1 is 1.50 bits per heavy atom. The van der Waals surface area contributed by atoms with Gasteiger partial charge in [-0.2, -0.15) is 0 Å². The minimum Gasteiger partial charge on any atom is -0.286 e. The second-order valence-corrected chi connectivity index (χ2v) is 4.51. The molecule has 0 spiro atoms. The summed E-state index contributed by atoms with van der Waals surface area (Å²) in [6.45, 7) is 1.85. The molecule has 0 heterocycles. The Kier molecular flexibility index (Phi) is 2.46. The SMILES string of the molecule is Cc1ccc(C(=O)C2([N+](=O)[O-])CC2)c(Cl)c1. The molecule has 4 nitrogen and oxygen atoms in total. The number of nitro groups is 1. The van der Waals surface area contributed by atoms with E-state index in [1.807, 2.05) is 6.92 Å². The molecular formula is C11H10ClNO3. The van der Waals surface area contributed by atoms with E-state index < -0.39 is 16.2 Å². The fraction of sp³-hybridized carbons (Fsp3) is 0.364. The summed E-state index contributed by atoms with van der Waals surface area (Å²) in [6.07, 6.45) is 0.617. The first-order chi connectivity index (χ1) is 7.47. The lowest BCUT2D eigenvalue weighted by Gasteiger charge is -2.07. The summed E-state index contributed by atoms with van der Waals surface area (Å²) in [7, 11) is 0. The van der Waals surface area contributed by atoms with E-state index in [2.05, 4.69) is 0 Å². The number of rotatable bonds is 3. The number of hydrogen-bond donors (Lipinski definition) is 0. The molecule has 16 heavy (non-hydrogen) atoms. The van der Waals surface area contributed by atoms with E-state index in [9.17, 15) is 14.9 Å². The molecule has 0 N–H and O–H groups in total. The third-order valence-electron chi connectivity index (χ3n) is 2.86. The standard InChI is InChI=1S/C11H10ClNO3/c1-7-2-3-8(9(12)6-7)10(14)11(4-5-11)13(15)16/h2-3,6H,4-5H2,1H3. The Morgan fingerprint density at radius 2 is 2.12 bits per heavy atom. The predicted molar refractivity (Wildman–Crippen MR) is 59.5 cm³/mol. The van der Waals surface area contributed by atoms with Crippen LogP contribution in [0.1, 0.15) is 28.8 Å². The summed E-state index contributed by atoms with van der Waals surface area (Å²) in [5, 5.41) is 11.1. The van der Waals surface area contributed by atoms with Crippen molar-refractivity contribution in [2.24, 2.45) is 0 Å². The summed E-state index contributed by atoms with van der Waals surface area (Å²) in [4.78, 5) is 22.3. The third kappa shape index (κ3) is 1.59. The van der Waals surface area contributed by atoms with Crippen LogP contribution in [0.4, 0.5) is 0 Å². The molecule has 1 aliphatic carbocycles. The van der Waals surface area contributed by atoms with Gasteiger partial charge in [-0.05, 0) is 24.6 Å². The first-order valence-electron chi connectivity index (χ1n) is 4.93. The molecule has 1 aliphatic rings. The van der Waals surface area contributed by atoms with Gasteiger partial charge in [-0.1, -0.05) is 17.7 Å². The summed E-state index contributed by atoms with van der Waals surface area (Å²) in [5.41, 5.74) is -0.229. The summed E-state index contributed by atoms with van der Waals surface area (Å²) >= 11 is 5.92. The number of aryl methyl sites for hydroxylation is 1. The highest BCUT2D eigenvalue weighted by Crippen LogP contribution is 2.42. The van der Waals surface area contributed by atoms with Crippen LogP contribution in [0, 0.1) is 17.0 Å². The minimum atomic E-state index is -1.40. The quantitative estimate of drug-likeness (QED) is 0.463. The number of halogens is 1. The van der Waals surface area contributed by atoms with E-state index in [-0.39, 0.29) is 10.6 Å². The fourth-order valence-corrected chi connectivity index (χ4v) is 1.99. The lowest BCUT2D eigenvalue weighted by atomic mass is 10.0. The highest BCUT2D eigenvalue weighted by molar-refractivity contribution is 6.34. The molecule has 0 unspecified atom stereocenters. The summed E-state index contributed by atoms with van der Waals surface area (Å²) in [5.74, 6) is -0.470. The maximum absolute atomic E-state index is 12.0. The highest BCUT2D eigenvalue weighted by atomic mass is 35.5. The van der Waals surface area contributed by atoms with Gasteiger partial charge in [0.25, 0.3) is 5.54 Å². The van der Waals surface area contributed by atoms with Crippen molar-refractivity contribution in [3.8, 4) is 0 Å². The van der Waals surface area contributed by atoms with Gasteiger partial charge in [0.1, 0.15) is 0 Å². The summed E-state index contributed by atoms with van der Waals surface area (Å²) in [6, 6.07) is 4.93. The van der Waals surface area contributed by atoms with Crippen LogP contribution in [0.2, 0.25) is 5.02 Å². The van der Waals surface area contributed by atoms with Crippen molar-refractivity contribution in [3.63, 3.8) is 0 Å². The van der Waals surface area contributed by atoms with Crippen molar-refractivity contribution < 1.29 is 9.72 Å². The largest absolute Gasteiger partial charge is 0.286 e. The van der Waals surface area contributed by atoms with Gasteiger partial charge in [0.15, 0.2) is 0 Å². The van der Waals surface area contributed by atoms with Gasteiger partial charge in [-0.3, -0.25) is 14.9 Å². The van der Waals surface area contributed by atoms with Crippen molar-refractivity contribution in [2.45, 2.75) is 25.3 Å². The van der Waals surface area contributed by atoms with E-state index in [0.29, 0.717) is 12.8 Å². The Morgan fingerprint density at radius 3 is 2.56 bits per heavy atom. The van der Waals surface area contributed by atoms with Crippen LogP contribution in [0.25, 0.3) is 0 Å². The molecule has 2 rings (SSSR count). The smallest absolute Gasteiger partial charge is 0.284 e. The second-order valence-electron chi connectivity index (χ2n) is 4.10. The number of benzene rings is 1. The van der Waals surface area contributed by atoms with E-state index in [1.54, 1.807) is 18.2 Å². The van der Waals surface area contributed by atoms with Crippen molar-refractivity contribution in [3.05, 3.63) is 44.5 Å². The van der Waals surface area contributed by atoms with Crippen LogP contribution >= 0.6 is 11.6 Å². The molecular weight excluding hydrogens is 230 g/mol. The average Bonchev–Trinajstić information content (AvgIpc) is 2.97. The van der Waals surface area contributed by atoms with Crippen LogP contribution in [-0.2, 0) is 0 Å². The number of ketones is 1. The Bertz CT molecular complexity index is 480. The van der Waals surface area contributed by atoms with E-state index >= 15 is 0 Å². The van der Waals surface area contributed by atoms with Crippen molar-refractivity contribution >= 4 is 17.4 Å². The number of hydrogen-bond acceptors (Lipinski definition) is 3. The highest BCUT2D eigenvalue weighted by Gasteiger charge is 2.62. The van der Waals surface area contributed by atoms with Crippen LogP contribution in [-0.4, -0.2) is 16.2 Å². The van der Waals surface area contributed by atoms with Gasteiger partial charge in [0, 0.05) is 23.3 Å². The van der Waals surface area contributed by atoms with Crippen molar-refractivity contribution in [1.29, 1.82) is 0 Å². The molecule has 0 saturated heterocycles. The molecule has 1 saturated carbocycles. The molecule has 5 heteroatoms.